The van der Waals surface area contributed by atoms with E-state index in [4.69, 9.17) is 0 Å². The summed E-state index contributed by atoms with van der Waals surface area (Å²) >= 11 is 0. The van der Waals surface area contributed by atoms with Gasteiger partial charge in [-0.3, -0.25) is 4.79 Å². The fourth-order valence-electron chi connectivity index (χ4n) is 10.2. The number of rotatable bonds is 59. The van der Waals surface area contributed by atoms with Crippen LogP contribution in [0.4, 0.5) is 0 Å². The summed E-state index contributed by atoms with van der Waals surface area (Å²) in [5.74, 6) is -0.591. The lowest BCUT2D eigenvalue weighted by molar-refractivity contribution is -0.132. The summed E-state index contributed by atoms with van der Waals surface area (Å²) in [6.07, 6.45) is 72.8. The highest BCUT2D eigenvalue weighted by Crippen LogP contribution is 2.19. The second kappa shape index (κ2) is 58.7. The van der Waals surface area contributed by atoms with Crippen LogP contribution in [0.1, 0.15) is 348 Å². The lowest BCUT2D eigenvalue weighted by Crippen LogP contribution is -2.53. The quantitative estimate of drug-likeness (QED) is 0.0308. The average Bonchev–Trinajstić information content (AvgIpc) is 3.36. The molecule has 0 spiro atoms. The Morgan fingerprint density at radius 2 is 0.600 bits per heavy atom. The molecule has 70 heavy (non-hydrogen) atoms. The maximum atomic E-state index is 12.6. The van der Waals surface area contributed by atoms with Crippen LogP contribution < -0.4 is 5.32 Å². The van der Waals surface area contributed by atoms with Crippen molar-refractivity contribution in [1.82, 2.24) is 5.32 Å². The molecule has 0 aromatic rings. The van der Waals surface area contributed by atoms with Crippen LogP contribution in [-0.2, 0) is 4.79 Å². The number of carbonyl (C=O) groups excluding carboxylic acids is 1. The molecule has 0 aliphatic carbocycles. The van der Waals surface area contributed by atoms with Crippen LogP contribution in [0.5, 0.6) is 0 Å². The molecule has 1 amide bonds. The second-order valence-electron chi connectivity index (χ2n) is 22.1. The van der Waals surface area contributed by atoms with Crippen molar-refractivity contribution in [2.45, 2.75) is 372 Å². The fraction of sp³-hybridized carbons (Fsp3) is 0.922. The van der Waals surface area contributed by atoms with E-state index in [0.29, 0.717) is 19.3 Å². The number of amides is 1. The van der Waals surface area contributed by atoms with Crippen molar-refractivity contribution in [3.63, 3.8) is 0 Å². The Morgan fingerprint density at radius 1 is 0.343 bits per heavy atom. The minimum absolute atomic E-state index is 0.365. The molecular formula is C64H125NO5. The molecule has 0 aliphatic heterocycles. The van der Waals surface area contributed by atoms with Gasteiger partial charge < -0.3 is 25.7 Å². The number of hydrogen-bond acceptors (Lipinski definition) is 5. The lowest BCUT2D eigenvalue weighted by atomic mass is 10.00. The van der Waals surface area contributed by atoms with Gasteiger partial charge in [0.2, 0.25) is 5.91 Å². The Labute approximate surface area is 437 Å². The van der Waals surface area contributed by atoms with Crippen molar-refractivity contribution in [1.29, 1.82) is 0 Å². The Kier molecular flexibility index (Phi) is 57.7. The van der Waals surface area contributed by atoms with Crippen LogP contribution in [0.2, 0.25) is 0 Å². The highest BCUT2D eigenvalue weighted by molar-refractivity contribution is 5.80. The third-order valence-corrected chi connectivity index (χ3v) is 15.1. The average molecular weight is 989 g/mol. The molecule has 0 aromatic carbocycles. The first-order chi connectivity index (χ1) is 34.5. The number of allylic oxidation sites excluding steroid dienone is 4. The second-order valence-corrected chi connectivity index (χ2v) is 22.1. The third-order valence-electron chi connectivity index (χ3n) is 15.1. The van der Waals surface area contributed by atoms with Gasteiger partial charge in [0.15, 0.2) is 0 Å². The molecule has 0 radical (unpaired) electrons. The normalized spacial score (nSPS) is 13.7. The molecule has 0 saturated carbocycles. The van der Waals surface area contributed by atoms with Gasteiger partial charge in [-0.1, -0.05) is 321 Å². The molecule has 0 aliphatic rings. The van der Waals surface area contributed by atoms with Gasteiger partial charge in [-0.05, 0) is 51.4 Å². The number of nitrogens with one attached hydrogen (secondary N) is 1. The first kappa shape index (κ1) is 68.8. The van der Waals surface area contributed by atoms with E-state index >= 15 is 0 Å². The molecule has 4 atom stereocenters. The van der Waals surface area contributed by atoms with Crippen molar-refractivity contribution < 1.29 is 25.2 Å². The predicted octanol–water partition coefficient (Wildman–Crippen LogP) is 19.0. The van der Waals surface area contributed by atoms with Gasteiger partial charge in [-0.25, -0.2) is 0 Å². The Hall–Kier alpha value is -1.21. The number of aliphatic hydroxyl groups excluding tert-OH is 4. The molecule has 0 rings (SSSR count). The Morgan fingerprint density at radius 3 is 0.900 bits per heavy atom. The summed E-state index contributed by atoms with van der Waals surface area (Å²) in [5.41, 5.74) is 0. The van der Waals surface area contributed by atoms with E-state index in [0.717, 1.165) is 38.5 Å². The van der Waals surface area contributed by atoms with Gasteiger partial charge in [-0.2, -0.15) is 0 Å². The summed E-state index contributed by atoms with van der Waals surface area (Å²) in [5, 5.41) is 44.1. The number of hydrogen-bond donors (Lipinski definition) is 5. The Balaban J connectivity index is 3.61. The van der Waals surface area contributed by atoms with Gasteiger partial charge >= 0.3 is 0 Å². The van der Waals surface area contributed by atoms with Gasteiger partial charge in [-0.15, -0.1) is 0 Å². The monoisotopic (exact) mass is 988 g/mol. The minimum Gasteiger partial charge on any atom is -0.394 e. The summed E-state index contributed by atoms with van der Waals surface area (Å²) in [6, 6.07) is -1.01. The van der Waals surface area contributed by atoms with Crippen LogP contribution >= 0.6 is 0 Å². The van der Waals surface area contributed by atoms with Gasteiger partial charge in [0.25, 0.3) is 0 Å². The third kappa shape index (κ3) is 51.7. The van der Waals surface area contributed by atoms with Crippen LogP contribution in [-0.4, -0.2) is 57.3 Å². The summed E-state index contributed by atoms with van der Waals surface area (Å²) in [6.45, 7) is 4.09. The van der Waals surface area contributed by atoms with E-state index < -0.39 is 36.9 Å². The number of carbonyl (C=O) groups is 1. The predicted molar refractivity (Wildman–Crippen MR) is 307 cm³/mol. The van der Waals surface area contributed by atoms with Gasteiger partial charge in [0.1, 0.15) is 12.2 Å². The van der Waals surface area contributed by atoms with E-state index in [1.54, 1.807) is 0 Å². The molecule has 0 saturated heterocycles. The molecule has 6 nitrogen and oxygen atoms in total. The largest absolute Gasteiger partial charge is 0.394 e. The van der Waals surface area contributed by atoms with Crippen LogP contribution in [0, 0.1) is 0 Å². The lowest BCUT2D eigenvalue weighted by Gasteiger charge is -2.27. The van der Waals surface area contributed by atoms with Crippen molar-refractivity contribution >= 4 is 5.91 Å². The van der Waals surface area contributed by atoms with Crippen LogP contribution in [0.25, 0.3) is 0 Å². The zero-order valence-corrected chi connectivity index (χ0v) is 47.3. The Bertz CT molecular complexity index is 1060. The smallest absolute Gasteiger partial charge is 0.249 e. The van der Waals surface area contributed by atoms with Gasteiger partial charge in [0.05, 0.1) is 18.8 Å². The van der Waals surface area contributed by atoms with E-state index in [1.807, 2.05) is 0 Å². The first-order valence-corrected chi connectivity index (χ1v) is 31.7. The molecular weight excluding hydrogens is 863 g/mol. The van der Waals surface area contributed by atoms with Crippen molar-refractivity contribution in [2.75, 3.05) is 6.61 Å². The molecule has 0 fully saturated rings. The van der Waals surface area contributed by atoms with E-state index in [9.17, 15) is 25.2 Å². The van der Waals surface area contributed by atoms with Crippen molar-refractivity contribution in [3.05, 3.63) is 24.3 Å². The molecule has 0 bridgehead atoms. The summed E-state index contributed by atoms with van der Waals surface area (Å²) in [4.78, 5) is 12.6. The highest BCUT2D eigenvalue weighted by Gasteiger charge is 2.28. The van der Waals surface area contributed by atoms with Crippen LogP contribution in [0.3, 0.4) is 0 Å². The maximum Gasteiger partial charge on any atom is 0.249 e. The zero-order chi connectivity index (χ0) is 50.9. The number of aliphatic hydroxyl groups is 4. The maximum absolute atomic E-state index is 12.6. The standard InChI is InChI=1S/C64H125NO5/c1-3-5-7-9-11-13-15-17-19-21-23-25-27-28-29-30-31-32-33-34-36-37-39-41-43-45-47-49-51-53-55-57-61(67)63(69)60(59-66)65-64(70)62(68)58-56-54-52-50-48-46-44-42-40-38-35-26-24-22-20-18-16-14-12-10-8-6-4-2/h41,43,49,51,60-63,66-69H,3-40,42,44-48,50,52-59H2,1-2H3,(H,65,70)/b43-41+,51-49+. The van der Waals surface area contributed by atoms with E-state index in [2.05, 4.69) is 43.5 Å². The van der Waals surface area contributed by atoms with Crippen LogP contribution in [0.15, 0.2) is 24.3 Å². The molecule has 4 unspecified atom stereocenters. The molecule has 416 valence electrons. The van der Waals surface area contributed by atoms with E-state index in [-0.39, 0.29) is 0 Å². The molecule has 0 aromatic heterocycles. The number of unbranched alkanes of at least 4 members (excludes halogenated alkanes) is 46. The highest BCUT2D eigenvalue weighted by atomic mass is 16.3. The zero-order valence-electron chi connectivity index (χ0n) is 47.3. The fourth-order valence-corrected chi connectivity index (χ4v) is 10.2. The minimum atomic E-state index is -1.29. The van der Waals surface area contributed by atoms with Gasteiger partial charge in [0, 0.05) is 0 Å². The molecule has 0 heterocycles. The molecule has 5 N–H and O–H groups in total. The summed E-state index contributed by atoms with van der Waals surface area (Å²) in [7, 11) is 0. The topological polar surface area (TPSA) is 110 Å². The first-order valence-electron chi connectivity index (χ1n) is 31.7. The summed E-state index contributed by atoms with van der Waals surface area (Å²) < 4.78 is 0. The SMILES string of the molecule is CCCCCCCCCCCCCCCCCCCCCCCC/C=C/CC/C=C/CCCC(O)C(O)C(CO)NC(=O)C(O)CCCCCCCCCCCCCCCCCCCCCCCCC. The molecule has 6 heteroatoms. The van der Waals surface area contributed by atoms with Crippen molar-refractivity contribution in [2.24, 2.45) is 0 Å². The van der Waals surface area contributed by atoms with Crippen molar-refractivity contribution in [3.8, 4) is 0 Å². The van der Waals surface area contributed by atoms with E-state index in [1.165, 1.54) is 276 Å².